The van der Waals surface area contributed by atoms with E-state index in [1.165, 1.54) is 36.4 Å². The van der Waals surface area contributed by atoms with Crippen molar-refractivity contribution in [1.29, 1.82) is 0 Å². The monoisotopic (exact) mass is 469 g/mol. The lowest BCUT2D eigenvalue weighted by Crippen LogP contribution is -2.33. The molecule has 1 amide bonds. The number of amides is 1. The molecular formula is C17H16IN3O3S. The SMILES string of the molecule is CON(C)C(=O)Cn1cnc2sc(C)c(-c3cccc(I)c3)c2c1=O. The van der Waals surface area contributed by atoms with Gasteiger partial charge in [0.05, 0.1) is 18.8 Å². The van der Waals surface area contributed by atoms with E-state index < -0.39 is 0 Å². The number of likely N-dealkylation sites (N-methyl/N-ethyl adjacent to an activating group) is 1. The Kier molecular flexibility index (Phi) is 5.21. The number of thiophene rings is 1. The second kappa shape index (κ2) is 7.22. The van der Waals surface area contributed by atoms with Crippen molar-refractivity contribution in [2.75, 3.05) is 14.2 Å². The summed E-state index contributed by atoms with van der Waals surface area (Å²) in [7, 11) is 2.91. The molecule has 0 atom stereocenters. The van der Waals surface area contributed by atoms with Crippen LogP contribution in [0, 0.1) is 10.5 Å². The fourth-order valence-corrected chi connectivity index (χ4v) is 4.14. The van der Waals surface area contributed by atoms with Crippen LogP contribution in [0.4, 0.5) is 0 Å². The molecule has 0 spiro atoms. The van der Waals surface area contributed by atoms with Gasteiger partial charge < -0.3 is 0 Å². The van der Waals surface area contributed by atoms with E-state index in [1.54, 1.807) is 0 Å². The van der Waals surface area contributed by atoms with Crippen LogP contribution in [0.25, 0.3) is 21.3 Å². The maximum Gasteiger partial charge on any atom is 0.265 e. The number of rotatable bonds is 4. The minimum Gasteiger partial charge on any atom is -0.289 e. The second-order valence-corrected chi connectivity index (χ2v) is 7.92. The predicted octanol–water partition coefficient (Wildman–Crippen LogP) is 3.06. The van der Waals surface area contributed by atoms with Gasteiger partial charge in [-0.3, -0.25) is 19.0 Å². The molecule has 2 heterocycles. The molecule has 0 saturated carbocycles. The normalized spacial score (nSPS) is 11.0. The smallest absolute Gasteiger partial charge is 0.265 e. The lowest BCUT2D eigenvalue weighted by atomic mass is 10.0. The number of carbonyl (C=O) groups excluding carboxylic acids is 1. The van der Waals surface area contributed by atoms with Gasteiger partial charge in [0.25, 0.3) is 11.5 Å². The van der Waals surface area contributed by atoms with Gasteiger partial charge in [-0.05, 0) is 47.2 Å². The van der Waals surface area contributed by atoms with Crippen molar-refractivity contribution in [3.05, 3.63) is 49.4 Å². The van der Waals surface area contributed by atoms with Crippen LogP contribution >= 0.6 is 33.9 Å². The van der Waals surface area contributed by atoms with Crippen LogP contribution in [-0.4, -0.2) is 34.7 Å². The van der Waals surface area contributed by atoms with Crippen molar-refractivity contribution in [3.63, 3.8) is 0 Å². The fourth-order valence-electron chi connectivity index (χ4n) is 2.59. The Morgan fingerprint density at radius 2 is 2.20 bits per heavy atom. The van der Waals surface area contributed by atoms with Crippen LogP contribution in [0.15, 0.2) is 35.4 Å². The highest BCUT2D eigenvalue weighted by atomic mass is 127. The third-order valence-electron chi connectivity index (χ3n) is 3.90. The number of nitrogens with zero attached hydrogens (tertiary/aromatic N) is 3. The highest BCUT2D eigenvalue weighted by Crippen LogP contribution is 2.35. The molecule has 0 radical (unpaired) electrons. The van der Waals surface area contributed by atoms with Crippen molar-refractivity contribution >= 4 is 50.1 Å². The number of hydrogen-bond donors (Lipinski definition) is 0. The van der Waals surface area contributed by atoms with Crippen LogP contribution in [-0.2, 0) is 16.2 Å². The molecule has 0 aliphatic carbocycles. The van der Waals surface area contributed by atoms with Gasteiger partial charge in [0.1, 0.15) is 11.4 Å². The number of carbonyl (C=O) groups is 1. The quantitative estimate of drug-likeness (QED) is 0.436. The van der Waals surface area contributed by atoms with Crippen molar-refractivity contribution in [3.8, 4) is 11.1 Å². The van der Waals surface area contributed by atoms with E-state index in [0.29, 0.717) is 10.2 Å². The van der Waals surface area contributed by atoms with Crippen molar-refractivity contribution < 1.29 is 9.63 Å². The Hall–Kier alpha value is -1.78. The molecule has 1 aromatic carbocycles. The third kappa shape index (κ3) is 3.46. The van der Waals surface area contributed by atoms with Gasteiger partial charge in [-0.1, -0.05) is 12.1 Å². The minimum absolute atomic E-state index is 0.118. The Labute approximate surface area is 162 Å². The molecule has 0 N–H and O–H groups in total. The summed E-state index contributed by atoms with van der Waals surface area (Å²) in [5.74, 6) is -0.325. The van der Waals surface area contributed by atoms with E-state index in [1.807, 2.05) is 31.2 Å². The molecule has 130 valence electrons. The Morgan fingerprint density at radius 1 is 1.44 bits per heavy atom. The van der Waals surface area contributed by atoms with Gasteiger partial charge in [-0.15, -0.1) is 11.3 Å². The molecule has 0 fully saturated rings. The average molecular weight is 469 g/mol. The molecule has 3 aromatic rings. The van der Waals surface area contributed by atoms with E-state index in [4.69, 9.17) is 4.84 Å². The molecule has 2 aromatic heterocycles. The van der Waals surface area contributed by atoms with Crippen molar-refractivity contribution in [1.82, 2.24) is 14.6 Å². The summed E-state index contributed by atoms with van der Waals surface area (Å²) in [6, 6.07) is 7.99. The van der Waals surface area contributed by atoms with Crippen LogP contribution in [0.5, 0.6) is 0 Å². The molecule has 0 unspecified atom stereocenters. The molecule has 0 aliphatic rings. The lowest BCUT2D eigenvalue weighted by Gasteiger charge is -2.14. The van der Waals surface area contributed by atoms with Crippen molar-refractivity contribution in [2.45, 2.75) is 13.5 Å². The zero-order valence-corrected chi connectivity index (χ0v) is 16.9. The maximum atomic E-state index is 13.0. The second-order valence-electron chi connectivity index (χ2n) is 5.48. The standard InChI is InChI=1S/C17H16IN3O3S/c1-10-14(11-5-4-6-12(18)7-11)15-16(25-10)19-9-21(17(15)23)8-13(22)20(2)24-3/h4-7,9H,8H2,1-3H3. The Bertz CT molecular complexity index is 1010. The van der Waals surface area contributed by atoms with E-state index in [9.17, 15) is 9.59 Å². The summed E-state index contributed by atoms with van der Waals surface area (Å²) in [4.78, 5) is 36.0. The lowest BCUT2D eigenvalue weighted by molar-refractivity contribution is -0.169. The summed E-state index contributed by atoms with van der Waals surface area (Å²) in [6.45, 7) is 1.86. The zero-order valence-electron chi connectivity index (χ0n) is 13.9. The van der Waals surface area contributed by atoms with Gasteiger partial charge in [-0.2, -0.15) is 0 Å². The fraction of sp³-hybridized carbons (Fsp3) is 0.235. The van der Waals surface area contributed by atoms with Crippen LogP contribution in [0.2, 0.25) is 0 Å². The van der Waals surface area contributed by atoms with Crippen LogP contribution in [0.1, 0.15) is 4.88 Å². The van der Waals surface area contributed by atoms with E-state index in [0.717, 1.165) is 24.6 Å². The first-order valence-corrected chi connectivity index (χ1v) is 9.37. The number of aromatic nitrogens is 2. The van der Waals surface area contributed by atoms with Gasteiger partial charge in [0.2, 0.25) is 0 Å². The molecule has 3 rings (SSSR count). The van der Waals surface area contributed by atoms with Gasteiger partial charge in [-0.25, -0.2) is 10.0 Å². The van der Waals surface area contributed by atoms with Gasteiger partial charge in [0, 0.05) is 21.1 Å². The van der Waals surface area contributed by atoms with Gasteiger partial charge >= 0.3 is 0 Å². The topological polar surface area (TPSA) is 64.4 Å². The molecule has 0 bridgehead atoms. The number of hydroxylamine groups is 2. The molecule has 8 heteroatoms. The van der Waals surface area contributed by atoms with E-state index in [-0.39, 0.29) is 18.0 Å². The van der Waals surface area contributed by atoms with Crippen LogP contribution < -0.4 is 5.56 Å². The average Bonchev–Trinajstić information content (AvgIpc) is 2.93. The van der Waals surface area contributed by atoms with E-state index in [2.05, 4.69) is 27.6 Å². The molecule has 6 nitrogen and oxygen atoms in total. The molecule has 25 heavy (non-hydrogen) atoms. The Balaban J connectivity index is 2.16. The number of benzene rings is 1. The maximum absolute atomic E-state index is 13.0. The number of halogens is 1. The summed E-state index contributed by atoms with van der Waals surface area (Å²) < 4.78 is 2.42. The highest BCUT2D eigenvalue weighted by molar-refractivity contribution is 14.1. The van der Waals surface area contributed by atoms with E-state index >= 15 is 0 Å². The predicted molar refractivity (Wildman–Crippen MR) is 107 cm³/mol. The summed E-state index contributed by atoms with van der Waals surface area (Å²) in [5.41, 5.74) is 1.65. The first kappa shape index (κ1) is 18.0. The highest BCUT2D eigenvalue weighted by Gasteiger charge is 2.18. The first-order valence-electron chi connectivity index (χ1n) is 7.47. The summed E-state index contributed by atoms with van der Waals surface area (Å²) >= 11 is 3.73. The van der Waals surface area contributed by atoms with Crippen molar-refractivity contribution in [2.24, 2.45) is 0 Å². The third-order valence-corrected chi connectivity index (χ3v) is 5.58. The summed E-state index contributed by atoms with van der Waals surface area (Å²) in [6.07, 6.45) is 1.42. The number of hydrogen-bond acceptors (Lipinski definition) is 5. The first-order chi connectivity index (χ1) is 11.9. The largest absolute Gasteiger partial charge is 0.289 e. The van der Waals surface area contributed by atoms with Gasteiger partial charge in [0.15, 0.2) is 0 Å². The summed E-state index contributed by atoms with van der Waals surface area (Å²) in [5, 5.41) is 1.65. The molecule has 0 saturated heterocycles. The molecule has 0 aliphatic heterocycles. The van der Waals surface area contributed by atoms with Crippen LogP contribution in [0.3, 0.4) is 0 Å². The zero-order chi connectivity index (χ0) is 18.1. The molecular weight excluding hydrogens is 453 g/mol. The number of fused-ring (bicyclic) bond motifs is 1. The minimum atomic E-state index is -0.325. The number of aryl methyl sites for hydroxylation is 1. The Morgan fingerprint density at radius 3 is 2.88 bits per heavy atom.